The monoisotopic (exact) mass is 343 g/mol. The van der Waals surface area contributed by atoms with Gasteiger partial charge in [-0.3, -0.25) is 9.59 Å². The molecule has 0 atom stereocenters. The molecule has 0 radical (unpaired) electrons. The van der Waals surface area contributed by atoms with Crippen LogP contribution < -0.4 is 5.32 Å². The second-order valence-electron chi connectivity index (χ2n) is 4.51. The predicted molar refractivity (Wildman–Crippen MR) is 88.3 cm³/mol. The molecule has 0 aliphatic heterocycles. The van der Waals surface area contributed by atoms with Gasteiger partial charge in [-0.1, -0.05) is 46.3 Å². The number of allylic oxidation sites excluding steroid dienone is 1. The van der Waals surface area contributed by atoms with Gasteiger partial charge in [0.15, 0.2) is 5.78 Å². The van der Waals surface area contributed by atoms with Crippen LogP contribution in [0.5, 0.6) is 0 Å². The summed E-state index contributed by atoms with van der Waals surface area (Å²) in [5.41, 5.74) is 2.09. The van der Waals surface area contributed by atoms with Crippen LogP contribution in [0.4, 0.5) is 5.69 Å². The van der Waals surface area contributed by atoms with Crippen LogP contribution in [0.15, 0.2) is 59.1 Å². The van der Waals surface area contributed by atoms with Crippen molar-refractivity contribution in [1.82, 2.24) is 0 Å². The topological polar surface area (TPSA) is 46.2 Å². The van der Waals surface area contributed by atoms with E-state index >= 15 is 0 Å². The summed E-state index contributed by atoms with van der Waals surface area (Å²) in [6, 6.07) is 14.6. The molecule has 0 saturated carbocycles. The Morgan fingerprint density at radius 3 is 2.57 bits per heavy atom. The number of amides is 1. The Hall–Kier alpha value is -2.20. The normalized spacial score (nSPS) is 10.6. The van der Waals surface area contributed by atoms with Gasteiger partial charge in [0.2, 0.25) is 5.91 Å². The third-order valence-electron chi connectivity index (χ3n) is 2.74. The molecule has 0 aliphatic carbocycles. The van der Waals surface area contributed by atoms with Gasteiger partial charge in [0.25, 0.3) is 0 Å². The molecule has 0 bridgehead atoms. The third kappa shape index (κ3) is 4.68. The lowest BCUT2D eigenvalue weighted by Gasteiger charge is -2.03. The fraction of sp³-hybridized carbons (Fsp3) is 0.0588. The number of rotatable bonds is 4. The SMILES string of the molecule is CC(=O)Nc1cccc(C(=O)C=Cc2cccc(Br)c2)c1. The highest BCUT2D eigenvalue weighted by atomic mass is 79.9. The Labute approximate surface area is 131 Å². The van der Waals surface area contributed by atoms with E-state index in [1.165, 1.54) is 13.0 Å². The van der Waals surface area contributed by atoms with E-state index in [2.05, 4.69) is 21.2 Å². The maximum atomic E-state index is 12.1. The van der Waals surface area contributed by atoms with Crippen LogP contribution >= 0.6 is 15.9 Å². The Morgan fingerprint density at radius 2 is 1.86 bits per heavy atom. The minimum absolute atomic E-state index is 0.109. The van der Waals surface area contributed by atoms with Crippen molar-refractivity contribution in [2.24, 2.45) is 0 Å². The number of halogens is 1. The zero-order valence-electron chi connectivity index (χ0n) is 11.5. The molecule has 2 rings (SSSR count). The van der Waals surface area contributed by atoms with Crippen molar-refractivity contribution in [1.29, 1.82) is 0 Å². The smallest absolute Gasteiger partial charge is 0.221 e. The average Bonchev–Trinajstić information content (AvgIpc) is 2.44. The summed E-state index contributed by atoms with van der Waals surface area (Å²) in [4.78, 5) is 23.2. The van der Waals surface area contributed by atoms with Gasteiger partial charge in [-0.05, 0) is 35.9 Å². The fourth-order valence-corrected chi connectivity index (χ4v) is 2.25. The molecule has 4 heteroatoms. The molecular weight excluding hydrogens is 330 g/mol. The number of nitrogens with one attached hydrogen (secondary N) is 1. The minimum atomic E-state index is -0.163. The number of carbonyl (C=O) groups is 2. The first kappa shape index (κ1) is 15.2. The number of ketones is 1. The van der Waals surface area contributed by atoms with Crippen LogP contribution in [0.25, 0.3) is 6.08 Å². The van der Waals surface area contributed by atoms with Crippen molar-refractivity contribution in [3.8, 4) is 0 Å². The van der Waals surface area contributed by atoms with Crippen molar-refractivity contribution >= 4 is 39.4 Å². The number of hydrogen-bond acceptors (Lipinski definition) is 2. The van der Waals surface area contributed by atoms with E-state index in [9.17, 15) is 9.59 Å². The molecule has 0 aliphatic rings. The standard InChI is InChI=1S/C17H14BrNO2/c1-12(20)19-16-7-3-5-14(11-16)17(21)9-8-13-4-2-6-15(18)10-13/h2-11H,1H3,(H,19,20). The van der Waals surface area contributed by atoms with Gasteiger partial charge in [0.05, 0.1) is 0 Å². The van der Waals surface area contributed by atoms with Gasteiger partial charge in [0.1, 0.15) is 0 Å². The molecule has 0 saturated heterocycles. The van der Waals surface area contributed by atoms with E-state index in [-0.39, 0.29) is 11.7 Å². The molecule has 21 heavy (non-hydrogen) atoms. The molecule has 2 aromatic rings. The van der Waals surface area contributed by atoms with E-state index in [0.717, 1.165) is 10.0 Å². The maximum absolute atomic E-state index is 12.1. The second kappa shape index (κ2) is 6.99. The highest BCUT2D eigenvalue weighted by molar-refractivity contribution is 9.10. The van der Waals surface area contributed by atoms with Crippen LogP contribution in [0.1, 0.15) is 22.8 Å². The van der Waals surface area contributed by atoms with Gasteiger partial charge in [-0.25, -0.2) is 0 Å². The number of benzene rings is 2. The predicted octanol–water partition coefficient (Wildman–Crippen LogP) is 4.30. The van der Waals surface area contributed by atoms with Gasteiger partial charge in [-0.15, -0.1) is 0 Å². The van der Waals surface area contributed by atoms with Crippen molar-refractivity contribution < 1.29 is 9.59 Å². The average molecular weight is 344 g/mol. The van der Waals surface area contributed by atoms with Gasteiger partial charge < -0.3 is 5.32 Å². The van der Waals surface area contributed by atoms with E-state index in [0.29, 0.717) is 11.3 Å². The molecule has 0 fully saturated rings. The zero-order chi connectivity index (χ0) is 15.2. The van der Waals surface area contributed by atoms with Crippen LogP contribution in [-0.4, -0.2) is 11.7 Å². The Bertz CT molecular complexity index is 707. The summed E-state index contributed by atoms with van der Waals surface area (Å²) >= 11 is 3.39. The molecule has 1 amide bonds. The summed E-state index contributed by atoms with van der Waals surface area (Å²) in [6.07, 6.45) is 3.28. The van der Waals surface area contributed by atoms with Crippen molar-refractivity contribution in [2.75, 3.05) is 5.32 Å². The largest absolute Gasteiger partial charge is 0.326 e. The van der Waals surface area contributed by atoms with Crippen molar-refractivity contribution in [3.05, 3.63) is 70.2 Å². The van der Waals surface area contributed by atoms with E-state index in [1.54, 1.807) is 30.3 Å². The molecule has 0 spiro atoms. The fourth-order valence-electron chi connectivity index (χ4n) is 1.83. The van der Waals surface area contributed by atoms with Crippen molar-refractivity contribution in [2.45, 2.75) is 6.92 Å². The summed E-state index contributed by atoms with van der Waals surface area (Å²) in [5.74, 6) is -0.272. The highest BCUT2D eigenvalue weighted by Crippen LogP contribution is 2.15. The Kier molecular flexibility index (Phi) is 5.06. The number of carbonyl (C=O) groups excluding carboxylic acids is 2. The van der Waals surface area contributed by atoms with Crippen molar-refractivity contribution in [3.63, 3.8) is 0 Å². The Morgan fingerprint density at radius 1 is 1.10 bits per heavy atom. The number of anilines is 1. The maximum Gasteiger partial charge on any atom is 0.221 e. The van der Waals surface area contributed by atoms with Crippen LogP contribution in [0.2, 0.25) is 0 Å². The Balaban J connectivity index is 2.15. The third-order valence-corrected chi connectivity index (χ3v) is 3.24. The number of hydrogen-bond donors (Lipinski definition) is 1. The minimum Gasteiger partial charge on any atom is -0.326 e. The second-order valence-corrected chi connectivity index (χ2v) is 5.43. The highest BCUT2D eigenvalue weighted by Gasteiger charge is 2.03. The van der Waals surface area contributed by atoms with E-state index in [1.807, 2.05) is 24.3 Å². The van der Waals surface area contributed by atoms with Crippen LogP contribution in [-0.2, 0) is 4.79 Å². The molecule has 106 valence electrons. The van der Waals surface area contributed by atoms with Gasteiger partial charge in [-0.2, -0.15) is 0 Å². The van der Waals surface area contributed by atoms with Crippen LogP contribution in [0, 0.1) is 0 Å². The lowest BCUT2D eigenvalue weighted by Crippen LogP contribution is -2.06. The first-order valence-electron chi connectivity index (χ1n) is 6.40. The van der Waals surface area contributed by atoms with Gasteiger partial charge >= 0.3 is 0 Å². The summed E-state index contributed by atoms with van der Waals surface area (Å²) in [5, 5.41) is 2.66. The van der Waals surface area contributed by atoms with Gasteiger partial charge in [0, 0.05) is 22.6 Å². The van der Waals surface area contributed by atoms with E-state index < -0.39 is 0 Å². The van der Waals surface area contributed by atoms with E-state index in [4.69, 9.17) is 0 Å². The zero-order valence-corrected chi connectivity index (χ0v) is 13.1. The summed E-state index contributed by atoms with van der Waals surface area (Å²) in [7, 11) is 0. The van der Waals surface area contributed by atoms with Crippen LogP contribution in [0.3, 0.4) is 0 Å². The molecule has 3 nitrogen and oxygen atoms in total. The molecule has 0 aromatic heterocycles. The summed E-state index contributed by atoms with van der Waals surface area (Å²) in [6.45, 7) is 1.43. The molecule has 0 unspecified atom stereocenters. The molecule has 0 heterocycles. The lowest BCUT2D eigenvalue weighted by molar-refractivity contribution is -0.114. The molecular formula is C17H14BrNO2. The lowest BCUT2D eigenvalue weighted by atomic mass is 10.1. The summed E-state index contributed by atoms with van der Waals surface area (Å²) < 4.78 is 0.963. The molecule has 2 aromatic carbocycles. The molecule has 1 N–H and O–H groups in total. The first-order valence-corrected chi connectivity index (χ1v) is 7.19. The first-order chi connectivity index (χ1) is 10.0. The quantitative estimate of drug-likeness (QED) is 0.664.